The Kier molecular flexibility index (Phi) is 4.08. The van der Waals surface area contributed by atoms with E-state index in [-0.39, 0.29) is 0 Å². The van der Waals surface area contributed by atoms with Gasteiger partial charge in [-0.05, 0) is 5.56 Å². The van der Waals surface area contributed by atoms with E-state index in [2.05, 4.69) is 34.1 Å². The molecule has 0 amide bonds. The van der Waals surface area contributed by atoms with Crippen molar-refractivity contribution in [3.05, 3.63) is 42.4 Å². The van der Waals surface area contributed by atoms with Crippen LogP contribution in [-0.2, 0) is 11.3 Å². The van der Waals surface area contributed by atoms with Crippen molar-refractivity contribution in [2.24, 2.45) is 0 Å². The fourth-order valence-corrected chi connectivity index (χ4v) is 2.00. The van der Waals surface area contributed by atoms with Gasteiger partial charge in [-0.3, -0.25) is 9.80 Å². The lowest BCUT2D eigenvalue weighted by Gasteiger charge is -2.33. The third-order valence-electron chi connectivity index (χ3n) is 2.93. The molecule has 1 radical (unpaired) electrons. The third kappa shape index (κ3) is 3.15. The lowest BCUT2D eigenvalue weighted by atomic mass is 10.2. The van der Waals surface area contributed by atoms with Crippen LogP contribution in [0, 0.1) is 6.54 Å². The molecule has 1 fully saturated rings. The van der Waals surface area contributed by atoms with Gasteiger partial charge in [0.05, 0.1) is 6.54 Å². The summed E-state index contributed by atoms with van der Waals surface area (Å²) in [5.74, 6) is 0. The Balaban J connectivity index is 1.79. The van der Waals surface area contributed by atoms with E-state index in [1.54, 1.807) is 6.54 Å². The zero-order valence-corrected chi connectivity index (χ0v) is 9.38. The molecule has 0 spiro atoms. The summed E-state index contributed by atoms with van der Waals surface area (Å²) in [4.78, 5) is 14.8. The van der Waals surface area contributed by atoms with E-state index in [1.807, 2.05) is 6.07 Å². The summed E-state index contributed by atoms with van der Waals surface area (Å²) in [5, 5.41) is 0. The molecule has 3 heteroatoms. The zero-order chi connectivity index (χ0) is 11.2. The summed E-state index contributed by atoms with van der Waals surface area (Å²) in [7, 11) is 0. The maximum absolute atomic E-state index is 10.3. The summed E-state index contributed by atoms with van der Waals surface area (Å²) < 4.78 is 0. The van der Waals surface area contributed by atoms with E-state index in [0.29, 0.717) is 0 Å². The van der Waals surface area contributed by atoms with E-state index in [4.69, 9.17) is 0 Å². The van der Waals surface area contributed by atoms with Crippen LogP contribution in [0.4, 0.5) is 0 Å². The van der Waals surface area contributed by atoms with Gasteiger partial charge in [-0.2, -0.15) is 0 Å². The second-order valence-corrected chi connectivity index (χ2v) is 4.08. The number of rotatable bonds is 4. The normalized spacial score (nSPS) is 18.5. The van der Waals surface area contributed by atoms with Gasteiger partial charge in [0, 0.05) is 32.7 Å². The standard InChI is InChI=1S/C13H17N2O/c16-11-10-14-6-8-15(9-7-14)12-13-4-2-1-3-5-13/h1-5,10-11H,6-9,12H2. The number of carbonyl (C=O) groups is 1. The van der Waals surface area contributed by atoms with Gasteiger partial charge in [0.15, 0.2) is 0 Å². The minimum absolute atomic E-state index is 0.868. The maximum atomic E-state index is 10.3. The van der Waals surface area contributed by atoms with Gasteiger partial charge in [0.2, 0.25) is 0 Å². The fourth-order valence-electron chi connectivity index (χ4n) is 2.00. The second-order valence-electron chi connectivity index (χ2n) is 4.08. The number of nitrogens with zero attached hydrogens (tertiary/aromatic N) is 2. The van der Waals surface area contributed by atoms with Crippen molar-refractivity contribution in [3.63, 3.8) is 0 Å². The molecule has 0 N–H and O–H groups in total. The first-order valence-electron chi connectivity index (χ1n) is 5.67. The fraction of sp³-hybridized carbons (Fsp3) is 0.385. The first-order chi connectivity index (χ1) is 7.88. The Bertz CT molecular complexity index is 318. The molecular weight excluding hydrogens is 200 g/mol. The van der Waals surface area contributed by atoms with Crippen LogP contribution in [0.2, 0.25) is 0 Å². The second kappa shape index (κ2) is 5.77. The van der Waals surface area contributed by atoms with Gasteiger partial charge in [-0.25, -0.2) is 0 Å². The summed E-state index contributed by atoms with van der Waals surface area (Å²) in [6.45, 7) is 6.60. The molecule has 0 aromatic heterocycles. The van der Waals surface area contributed by atoms with Crippen molar-refractivity contribution in [1.82, 2.24) is 9.80 Å². The highest BCUT2D eigenvalue weighted by Gasteiger charge is 2.16. The van der Waals surface area contributed by atoms with Crippen molar-refractivity contribution in [1.29, 1.82) is 0 Å². The topological polar surface area (TPSA) is 23.6 Å². The van der Waals surface area contributed by atoms with Crippen LogP contribution in [0.5, 0.6) is 0 Å². The summed E-state index contributed by atoms with van der Waals surface area (Å²) >= 11 is 0. The number of aldehydes is 1. The first-order valence-corrected chi connectivity index (χ1v) is 5.67. The van der Waals surface area contributed by atoms with E-state index >= 15 is 0 Å². The third-order valence-corrected chi connectivity index (χ3v) is 2.93. The SMILES string of the molecule is O=C[CH]N1CCN(Cc2ccccc2)CC1. The molecule has 1 aliphatic heterocycles. The molecule has 1 saturated heterocycles. The molecular formula is C13H17N2O. The molecule has 3 nitrogen and oxygen atoms in total. The molecule has 0 atom stereocenters. The quantitative estimate of drug-likeness (QED) is 0.707. The Morgan fingerprint density at radius 1 is 1.06 bits per heavy atom. The largest absolute Gasteiger partial charge is 0.302 e. The summed E-state index contributed by atoms with van der Waals surface area (Å²) in [6.07, 6.45) is 0.868. The van der Waals surface area contributed by atoms with Gasteiger partial charge in [0.1, 0.15) is 6.29 Å². The highest BCUT2D eigenvalue weighted by atomic mass is 16.1. The Labute approximate surface area is 96.7 Å². The van der Waals surface area contributed by atoms with Crippen molar-refractivity contribution >= 4 is 6.29 Å². The minimum Gasteiger partial charge on any atom is -0.302 e. The monoisotopic (exact) mass is 217 g/mol. The molecule has 1 heterocycles. The molecule has 0 unspecified atom stereocenters. The van der Waals surface area contributed by atoms with E-state index < -0.39 is 0 Å². The highest BCUT2D eigenvalue weighted by molar-refractivity contribution is 5.60. The van der Waals surface area contributed by atoms with E-state index in [1.165, 1.54) is 5.56 Å². The number of hydrogen-bond donors (Lipinski definition) is 0. The van der Waals surface area contributed by atoms with Gasteiger partial charge in [0.25, 0.3) is 0 Å². The molecule has 0 saturated carbocycles. The molecule has 1 aromatic carbocycles. The summed E-state index contributed by atoms with van der Waals surface area (Å²) in [5.41, 5.74) is 1.36. The lowest BCUT2D eigenvalue weighted by molar-refractivity contribution is -0.106. The van der Waals surface area contributed by atoms with Crippen LogP contribution >= 0.6 is 0 Å². The van der Waals surface area contributed by atoms with Crippen molar-refractivity contribution in [2.45, 2.75) is 6.54 Å². The lowest BCUT2D eigenvalue weighted by Crippen LogP contribution is -2.44. The number of piperazine rings is 1. The van der Waals surface area contributed by atoms with Gasteiger partial charge >= 0.3 is 0 Å². The molecule has 16 heavy (non-hydrogen) atoms. The van der Waals surface area contributed by atoms with Crippen LogP contribution in [0.3, 0.4) is 0 Å². The average molecular weight is 217 g/mol. The van der Waals surface area contributed by atoms with Crippen molar-refractivity contribution in [3.8, 4) is 0 Å². The minimum atomic E-state index is 0.868. The zero-order valence-electron chi connectivity index (χ0n) is 9.38. The first kappa shape index (κ1) is 11.3. The van der Waals surface area contributed by atoms with Crippen LogP contribution in [0.25, 0.3) is 0 Å². The van der Waals surface area contributed by atoms with Crippen LogP contribution in [0.1, 0.15) is 5.56 Å². The number of hydrogen-bond acceptors (Lipinski definition) is 3. The van der Waals surface area contributed by atoms with Crippen molar-refractivity contribution < 1.29 is 4.79 Å². The Hall–Kier alpha value is -1.19. The predicted octanol–water partition coefficient (Wildman–Crippen LogP) is 1.16. The summed E-state index contributed by atoms with van der Waals surface area (Å²) in [6, 6.07) is 10.5. The highest BCUT2D eigenvalue weighted by Crippen LogP contribution is 2.08. The van der Waals surface area contributed by atoms with Crippen molar-refractivity contribution in [2.75, 3.05) is 26.2 Å². The van der Waals surface area contributed by atoms with Gasteiger partial charge in [-0.1, -0.05) is 30.3 Å². The Morgan fingerprint density at radius 2 is 1.75 bits per heavy atom. The smallest absolute Gasteiger partial charge is 0.139 e. The molecule has 0 bridgehead atoms. The van der Waals surface area contributed by atoms with Crippen LogP contribution in [0.15, 0.2) is 30.3 Å². The predicted molar refractivity (Wildman–Crippen MR) is 63.7 cm³/mol. The molecule has 1 aromatic rings. The van der Waals surface area contributed by atoms with E-state index in [9.17, 15) is 4.79 Å². The van der Waals surface area contributed by atoms with E-state index in [0.717, 1.165) is 39.0 Å². The van der Waals surface area contributed by atoms with Gasteiger partial charge < -0.3 is 4.79 Å². The molecule has 2 rings (SSSR count). The Morgan fingerprint density at radius 3 is 2.38 bits per heavy atom. The average Bonchev–Trinajstić information content (AvgIpc) is 2.33. The number of benzene rings is 1. The number of carbonyl (C=O) groups excluding carboxylic acids is 1. The van der Waals surface area contributed by atoms with Gasteiger partial charge in [-0.15, -0.1) is 0 Å². The maximum Gasteiger partial charge on any atom is 0.139 e. The van der Waals surface area contributed by atoms with Crippen LogP contribution < -0.4 is 0 Å². The molecule has 1 aliphatic rings. The molecule has 85 valence electrons. The molecule has 0 aliphatic carbocycles. The van der Waals surface area contributed by atoms with Crippen LogP contribution in [-0.4, -0.2) is 42.3 Å².